The molecule has 2 bridgehead atoms. The molecule has 0 aromatic rings. The molecule has 3 aliphatic rings. The molecule has 4 atom stereocenters. The molecule has 0 aromatic heterocycles. The van der Waals surface area contributed by atoms with Crippen LogP contribution in [-0.2, 0) is 0 Å². The Morgan fingerprint density at radius 1 is 1.25 bits per heavy atom. The molecule has 4 unspecified atom stereocenters. The molecule has 3 fully saturated rings. The predicted molar refractivity (Wildman–Crippen MR) is 50.8 cm³/mol. The Balaban J connectivity index is 1.92. The van der Waals surface area contributed by atoms with Gasteiger partial charge in [-0.05, 0) is 56.3 Å². The van der Waals surface area contributed by atoms with Gasteiger partial charge >= 0.3 is 0 Å². The maximum atomic E-state index is 2.40. The van der Waals surface area contributed by atoms with Gasteiger partial charge in [0.25, 0.3) is 0 Å². The first-order valence-electron chi connectivity index (χ1n) is 5.55. The van der Waals surface area contributed by atoms with Crippen molar-refractivity contribution in [2.24, 2.45) is 23.7 Å². The zero-order valence-corrected chi connectivity index (χ0v) is 7.92. The van der Waals surface area contributed by atoms with Crippen LogP contribution in [0.1, 0.15) is 39.0 Å². The summed E-state index contributed by atoms with van der Waals surface area (Å²) in [7, 11) is 0. The molecule has 3 rings (SSSR count). The van der Waals surface area contributed by atoms with Crippen molar-refractivity contribution in [1.82, 2.24) is 0 Å². The molecule has 0 spiro atoms. The molecule has 0 saturated heterocycles. The number of fused-ring (bicyclic) bond motifs is 5. The fourth-order valence-corrected chi connectivity index (χ4v) is 4.23. The third-order valence-electron chi connectivity index (χ3n) is 4.65. The fraction of sp³-hybridized carbons (Fsp3) is 0.833. The van der Waals surface area contributed by atoms with Gasteiger partial charge in [0.05, 0.1) is 0 Å². The average Bonchev–Trinajstić information content (AvgIpc) is 2.75. The van der Waals surface area contributed by atoms with Gasteiger partial charge in [0, 0.05) is 0 Å². The van der Waals surface area contributed by atoms with Crippen molar-refractivity contribution in [2.45, 2.75) is 39.0 Å². The van der Waals surface area contributed by atoms with Gasteiger partial charge in [0.2, 0.25) is 0 Å². The first-order valence-corrected chi connectivity index (χ1v) is 5.55. The molecule has 0 heteroatoms. The topological polar surface area (TPSA) is 0 Å². The van der Waals surface area contributed by atoms with Gasteiger partial charge in [-0.3, -0.25) is 0 Å². The van der Waals surface area contributed by atoms with E-state index in [1.54, 1.807) is 19.3 Å². The van der Waals surface area contributed by atoms with Crippen LogP contribution >= 0.6 is 0 Å². The summed E-state index contributed by atoms with van der Waals surface area (Å²) in [6, 6.07) is 0. The van der Waals surface area contributed by atoms with E-state index < -0.39 is 0 Å². The third-order valence-corrected chi connectivity index (χ3v) is 4.65. The van der Waals surface area contributed by atoms with Gasteiger partial charge in [-0.25, -0.2) is 0 Å². The molecule has 0 nitrogen and oxygen atoms in total. The van der Waals surface area contributed by atoms with Crippen molar-refractivity contribution in [2.75, 3.05) is 0 Å². The summed E-state index contributed by atoms with van der Waals surface area (Å²) in [6.45, 7) is 2.24. The predicted octanol–water partition coefficient (Wildman–Crippen LogP) is 3.39. The van der Waals surface area contributed by atoms with E-state index in [-0.39, 0.29) is 0 Å². The number of allylic oxidation sites excluding steroid dienone is 2. The van der Waals surface area contributed by atoms with Crippen molar-refractivity contribution in [3.63, 3.8) is 0 Å². The standard InChI is InChI=1S/C12H18/c1-2-8-6-9-7-12(8)11-5-3-4-10(9)11/h2,9-12H,3-7H2,1H3. The van der Waals surface area contributed by atoms with Crippen molar-refractivity contribution in [3.05, 3.63) is 11.6 Å². The van der Waals surface area contributed by atoms with Crippen molar-refractivity contribution >= 4 is 0 Å². The van der Waals surface area contributed by atoms with Gasteiger partial charge in [-0.15, -0.1) is 0 Å². The van der Waals surface area contributed by atoms with Crippen LogP contribution in [0.3, 0.4) is 0 Å². The smallest absolute Gasteiger partial charge is 0.0169 e. The largest absolute Gasteiger partial charge is 0.0882 e. The fourth-order valence-electron chi connectivity index (χ4n) is 4.23. The van der Waals surface area contributed by atoms with Gasteiger partial charge < -0.3 is 0 Å². The van der Waals surface area contributed by atoms with E-state index in [0.717, 1.165) is 23.7 Å². The minimum atomic E-state index is 1.03. The Bertz CT molecular complexity index is 226. The van der Waals surface area contributed by atoms with E-state index in [1.807, 2.05) is 5.57 Å². The summed E-state index contributed by atoms with van der Waals surface area (Å²) in [5, 5.41) is 0. The first-order chi connectivity index (χ1) is 5.90. The molecule has 0 aromatic carbocycles. The molecular formula is C12H18. The molecular weight excluding hydrogens is 144 g/mol. The quantitative estimate of drug-likeness (QED) is 0.479. The van der Waals surface area contributed by atoms with E-state index in [2.05, 4.69) is 13.0 Å². The van der Waals surface area contributed by atoms with Crippen LogP contribution in [0.15, 0.2) is 11.6 Å². The molecule has 0 aliphatic heterocycles. The third kappa shape index (κ3) is 0.739. The Morgan fingerprint density at radius 2 is 2.08 bits per heavy atom. The van der Waals surface area contributed by atoms with Gasteiger partial charge in [0.15, 0.2) is 0 Å². The van der Waals surface area contributed by atoms with Gasteiger partial charge in [-0.1, -0.05) is 18.1 Å². The van der Waals surface area contributed by atoms with Gasteiger partial charge in [0.1, 0.15) is 0 Å². The van der Waals surface area contributed by atoms with Crippen LogP contribution in [-0.4, -0.2) is 0 Å². The molecule has 12 heavy (non-hydrogen) atoms. The minimum Gasteiger partial charge on any atom is -0.0882 e. The highest BCUT2D eigenvalue weighted by molar-refractivity contribution is 5.21. The Hall–Kier alpha value is -0.260. The highest BCUT2D eigenvalue weighted by atomic mass is 14.6. The van der Waals surface area contributed by atoms with Gasteiger partial charge in [-0.2, -0.15) is 0 Å². The Kier molecular flexibility index (Phi) is 1.42. The summed E-state index contributed by atoms with van der Waals surface area (Å²) in [6.07, 6.45) is 10.0. The second kappa shape index (κ2) is 2.37. The monoisotopic (exact) mass is 162 g/mol. The lowest BCUT2D eigenvalue weighted by atomic mass is 9.79. The summed E-state index contributed by atoms with van der Waals surface area (Å²) >= 11 is 0. The zero-order valence-electron chi connectivity index (χ0n) is 7.92. The summed E-state index contributed by atoms with van der Waals surface area (Å²) in [4.78, 5) is 0. The molecule has 0 N–H and O–H groups in total. The molecule has 66 valence electrons. The minimum absolute atomic E-state index is 1.03. The Labute approximate surface area is 75.0 Å². The summed E-state index contributed by atoms with van der Waals surface area (Å²) in [5.74, 6) is 4.41. The van der Waals surface area contributed by atoms with Crippen LogP contribution in [0.2, 0.25) is 0 Å². The molecule has 0 radical (unpaired) electrons. The van der Waals surface area contributed by atoms with E-state index in [4.69, 9.17) is 0 Å². The highest BCUT2D eigenvalue weighted by Crippen LogP contribution is 2.60. The molecule has 3 saturated carbocycles. The normalized spacial score (nSPS) is 53.6. The number of hydrogen-bond acceptors (Lipinski definition) is 0. The van der Waals surface area contributed by atoms with E-state index >= 15 is 0 Å². The SMILES string of the molecule is CC=C1CC2CC1C1CCCC21. The Morgan fingerprint density at radius 3 is 2.92 bits per heavy atom. The van der Waals surface area contributed by atoms with E-state index in [1.165, 1.54) is 12.8 Å². The van der Waals surface area contributed by atoms with Crippen LogP contribution in [0, 0.1) is 23.7 Å². The first kappa shape index (κ1) is 7.17. The maximum Gasteiger partial charge on any atom is -0.0169 e. The number of rotatable bonds is 0. The van der Waals surface area contributed by atoms with E-state index in [9.17, 15) is 0 Å². The molecule has 0 amide bonds. The maximum absolute atomic E-state index is 2.40. The van der Waals surface area contributed by atoms with E-state index in [0.29, 0.717) is 0 Å². The zero-order chi connectivity index (χ0) is 8.13. The number of hydrogen-bond donors (Lipinski definition) is 0. The second-order valence-corrected chi connectivity index (χ2v) is 4.93. The molecule has 3 aliphatic carbocycles. The second-order valence-electron chi connectivity index (χ2n) is 4.93. The lowest BCUT2D eigenvalue weighted by Crippen LogP contribution is -2.18. The average molecular weight is 162 g/mol. The van der Waals surface area contributed by atoms with Crippen LogP contribution in [0.25, 0.3) is 0 Å². The van der Waals surface area contributed by atoms with Crippen molar-refractivity contribution < 1.29 is 0 Å². The van der Waals surface area contributed by atoms with Crippen LogP contribution in [0.4, 0.5) is 0 Å². The summed E-state index contributed by atoms with van der Waals surface area (Å²) < 4.78 is 0. The highest BCUT2D eigenvalue weighted by Gasteiger charge is 2.50. The lowest BCUT2D eigenvalue weighted by Gasteiger charge is -2.26. The van der Waals surface area contributed by atoms with Crippen LogP contribution in [0.5, 0.6) is 0 Å². The summed E-state index contributed by atoms with van der Waals surface area (Å²) in [5.41, 5.74) is 1.81. The molecule has 0 heterocycles. The van der Waals surface area contributed by atoms with Crippen LogP contribution < -0.4 is 0 Å². The lowest BCUT2D eigenvalue weighted by molar-refractivity contribution is 0.304. The van der Waals surface area contributed by atoms with Crippen molar-refractivity contribution in [1.29, 1.82) is 0 Å². The van der Waals surface area contributed by atoms with Crippen molar-refractivity contribution in [3.8, 4) is 0 Å².